The zero-order chi connectivity index (χ0) is 32.5. The average molecular weight is 620 g/mol. The van der Waals surface area contributed by atoms with E-state index in [0.717, 1.165) is 0 Å². The minimum absolute atomic E-state index is 0.0161. The Morgan fingerprint density at radius 2 is 1.69 bits per heavy atom. The first-order valence-corrected chi connectivity index (χ1v) is 14.8. The Bertz CT molecular complexity index is 1720. The van der Waals surface area contributed by atoms with Gasteiger partial charge >= 0.3 is 0 Å². The zero-order valence-electron chi connectivity index (χ0n) is 26.0. The number of aromatic nitrogens is 3. The minimum atomic E-state index is -1.09. The molecule has 0 spiro atoms. The van der Waals surface area contributed by atoms with Gasteiger partial charge in [-0.25, -0.2) is 13.5 Å². The molecule has 4 aromatic rings. The number of rotatable bonds is 7. The van der Waals surface area contributed by atoms with Crippen LogP contribution in [-0.2, 0) is 6.54 Å². The van der Waals surface area contributed by atoms with Crippen molar-refractivity contribution in [2.45, 2.75) is 58.7 Å². The third-order valence-corrected chi connectivity index (χ3v) is 8.17. The lowest BCUT2D eigenvalue weighted by molar-refractivity contribution is 0.0558. The standard InChI is InChI=1S/C34H36F3N5O3/c1-21-9-10-22(17-27(21)35)19-41(34(2,3)4)33(44)24-8-6-7-23(18-24)32(43)40-15-13-25(14-16-40)42-20-28(38-39-42)26-11-12-29(45-5)31(37)30(26)36/h6-12,17-18,20,25H,13-16,19H2,1-5H3. The van der Waals surface area contributed by atoms with E-state index < -0.39 is 17.2 Å². The molecule has 3 aromatic carbocycles. The van der Waals surface area contributed by atoms with Gasteiger partial charge in [-0.1, -0.05) is 23.4 Å². The Labute approximate surface area is 260 Å². The lowest BCUT2D eigenvalue weighted by Gasteiger charge is -2.36. The van der Waals surface area contributed by atoms with Crippen molar-refractivity contribution in [1.82, 2.24) is 24.8 Å². The van der Waals surface area contributed by atoms with Gasteiger partial charge in [0.1, 0.15) is 11.5 Å². The Hall–Kier alpha value is -4.67. The van der Waals surface area contributed by atoms with Gasteiger partial charge in [0.15, 0.2) is 11.6 Å². The van der Waals surface area contributed by atoms with Crippen molar-refractivity contribution in [2.75, 3.05) is 20.2 Å². The summed E-state index contributed by atoms with van der Waals surface area (Å²) in [5.41, 5.74) is 1.61. The van der Waals surface area contributed by atoms with Gasteiger partial charge in [-0.3, -0.25) is 9.59 Å². The third kappa shape index (κ3) is 6.72. The average Bonchev–Trinajstić information content (AvgIpc) is 3.52. The summed E-state index contributed by atoms with van der Waals surface area (Å²) < 4.78 is 49.5. The molecule has 5 rings (SSSR count). The molecule has 0 saturated carbocycles. The molecule has 1 aliphatic rings. The van der Waals surface area contributed by atoms with Crippen LogP contribution < -0.4 is 4.74 Å². The normalized spacial score (nSPS) is 14.0. The Morgan fingerprint density at radius 3 is 2.36 bits per heavy atom. The second-order valence-electron chi connectivity index (χ2n) is 12.3. The number of aryl methyl sites for hydroxylation is 1. The molecule has 0 bridgehead atoms. The molecule has 236 valence electrons. The molecular weight excluding hydrogens is 583 g/mol. The van der Waals surface area contributed by atoms with E-state index in [4.69, 9.17) is 4.74 Å². The van der Waals surface area contributed by atoms with Crippen molar-refractivity contribution in [3.05, 3.63) is 100 Å². The molecule has 11 heteroatoms. The Balaban J connectivity index is 1.26. The number of carbonyl (C=O) groups is 2. The van der Waals surface area contributed by atoms with Crippen LogP contribution in [0.4, 0.5) is 13.2 Å². The van der Waals surface area contributed by atoms with Crippen molar-refractivity contribution in [3.63, 3.8) is 0 Å². The molecule has 1 saturated heterocycles. The highest BCUT2D eigenvalue weighted by molar-refractivity contribution is 6.00. The predicted molar refractivity (Wildman–Crippen MR) is 163 cm³/mol. The van der Waals surface area contributed by atoms with Crippen LogP contribution in [0.2, 0.25) is 0 Å². The van der Waals surface area contributed by atoms with E-state index >= 15 is 0 Å². The lowest BCUT2D eigenvalue weighted by Crippen LogP contribution is -2.45. The number of carbonyl (C=O) groups excluding carboxylic acids is 2. The van der Waals surface area contributed by atoms with Gasteiger partial charge in [-0.15, -0.1) is 5.10 Å². The van der Waals surface area contributed by atoms with Gasteiger partial charge in [0.2, 0.25) is 5.82 Å². The van der Waals surface area contributed by atoms with Crippen LogP contribution in [0.5, 0.6) is 5.75 Å². The van der Waals surface area contributed by atoms with Crippen LogP contribution in [0.15, 0.2) is 60.8 Å². The number of halogens is 3. The van der Waals surface area contributed by atoms with Gasteiger partial charge in [0.05, 0.1) is 19.3 Å². The quantitative estimate of drug-likeness (QED) is 0.233. The number of hydrogen-bond donors (Lipinski definition) is 0. The fraction of sp³-hybridized carbons (Fsp3) is 0.353. The molecule has 1 fully saturated rings. The van der Waals surface area contributed by atoms with E-state index in [9.17, 15) is 22.8 Å². The number of methoxy groups -OCH3 is 1. The summed E-state index contributed by atoms with van der Waals surface area (Å²) in [5, 5.41) is 8.19. The summed E-state index contributed by atoms with van der Waals surface area (Å²) in [4.78, 5) is 30.6. The van der Waals surface area contributed by atoms with E-state index in [1.165, 1.54) is 25.3 Å². The van der Waals surface area contributed by atoms with Crippen LogP contribution in [-0.4, -0.2) is 62.3 Å². The molecule has 0 radical (unpaired) electrons. The lowest BCUT2D eigenvalue weighted by atomic mass is 10.00. The summed E-state index contributed by atoms with van der Waals surface area (Å²) in [5.74, 6) is -3.11. The molecular formula is C34H36F3N5O3. The zero-order valence-corrected chi connectivity index (χ0v) is 26.0. The number of likely N-dealkylation sites (tertiary alicyclic amines) is 1. The number of nitrogens with zero attached hydrogens (tertiary/aromatic N) is 5. The summed E-state index contributed by atoms with van der Waals surface area (Å²) >= 11 is 0. The van der Waals surface area contributed by atoms with Gasteiger partial charge < -0.3 is 14.5 Å². The van der Waals surface area contributed by atoms with E-state index in [-0.39, 0.29) is 47.2 Å². The summed E-state index contributed by atoms with van der Waals surface area (Å²) in [6.07, 6.45) is 2.74. The highest BCUT2D eigenvalue weighted by Crippen LogP contribution is 2.30. The van der Waals surface area contributed by atoms with Gasteiger partial charge in [-0.2, -0.15) is 4.39 Å². The topological polar surface area (TPSA) is 80.6 Å². The first kappa shape index (κ1) is 31.7. The molecule has 2 amide bonds. The molecule has 1 aromatic heterocycles. The van der Waals surface area contributed by atoms with Crippen LogP contribution in [0.1, 0.15) is 71.5 Å². The molecule has 0 aliphatic carbocycles. The number of piperidine rings is 1. The highest BCUT2D eigenvalue weighted by Gasteiger charge is 2.30. The maximum Gasteiger partial charge on any atom is 0.254 e. The summed E-state index contributed by atoms with van der Waals surface area (Å²) in [6.45, 7) is 8.53. The monoisotopic (exact) mass is 619 g/mol. The van der Waals surface area contributed by atoms with E-state index in [2.05, 4.69) is 10.3 Å². The second-order valence-corrected chi connectivity index (χ2v) is 12.3. The fourth-order valence-electron chi connectivity index (χ4n) is 5.45. The molecule has 0 N–H and O–H groups in total. The first-order chi connectivity index (χ1) is 21.4. The summed E-state index contributed by atoms with van der Waals surface area (Å²) in [7, 11) is 1.26. The van der Waals surface area contributed by atoms with Crippen molar-refractivity contribution in [1.29, 1.82) is 0 Å². The fourth-order valence-corrected chi connectivity index (χ4v) is 5.45. The van der Waals surface area contributed by atoms with Crippen LogP contribution in [0, 0.1) is 24.4 Å². The van der Waals surface area contributed by atoms with Crippen molar-refractivity contribution < 1.29 is 27.5 Å². The smallest absolute Gasteiger partial charge is 0.254 e. The van der Waals surface area contributed by atoms with E-state index in [1.807, 2.05) is 26.8 Å². The minimum Gasteiger partial charge on any atom is -0.494 e. The molecule has 1 aliphatic heterocycles. The van der Waals surface area contributed by atoms with Gasteiger partial charge in [0, 0.05) is 41.9 Å². The molecule has 45 heavy (non-hydrogen) atoms. The van der Waals surface area contributed by atoms with Crippen molar-refractivity contribution in [3.8, 4) is 17.0 Å². The molecule has 0 atom stereocenters. The number of benzene rings is 3. The Morgan fingerprint density at radius 1 is 0.978 bits per heavy atom. The van der Waals surface area contributed by atoms with Crippen LogP contribution in [0.3, 0.4) is 0 Å². The van der Waals surface area contributed by atoms with Gasteiger partial charge in [0.25, 0.3) is 11.8 Å². The van der Waals surface area contributed by atoms with Crippen molar-refractivity contribution in [2.24, 2.45) is 0 Å². The maximum atomic E-state index is 14.6. The number of ether oxygens (including phenoxy) is 1. The summed E-state index contributed by atoms with van der Waals surface area (Å²) in [6, 6.07) is 14.3. The molecule has 2 heterocycles. The van der Waals surface area contributed by atoms with E-state index in [1.54, 1.807) is 57.9 Å². The van der Waals surface area contributed by atoms with Gasteiger partial charge in [-0.05, 0) is 88.1 Å². The van der Waals surface area contributed by atoms with E-state index in [0.29, 0.717) is 48.2 Å². The largest absolute Gasteiger partial charge is 0.494 e. The first-order valence-electron chi connectivity index (χ1n) is 14.8. The highest BCUT2D eigenvalue weighted by atomic mass is 19.2. The maximum absolute atomic E-state index is 14.6. The van der Waals surface area contributed by atoms with Crippen LogP contribution >= 0.6 is 0 Å². The van der Waals surface area contributed by atoms with Crippen molar-refractivity contribution >= 4 is 11.8 Å². The third-order valence-electron chi connectivity index (χ3n) is 8.17. The number of amides is 2. The predicted octanol–water partition coefficient (Wildman–Crippen LogP) is 6.60. The second kappa shape index (κ2) is 12.7. The Kier molecular flexibility index (Phi) is 8.99. The number of hydrogen-bond acceptors (Lipinski definition) is 5. The SMILES string of the molecule is COc1ccc(-c2cn(C3CCN(C(=O)c4cccc(C(=O)N(Cc5ccc(C)c(F)c5)C(C)(C)C)c4)CC3)nn2)c(F)c1F. The molecule has 0 unspecified atom stereocenters. The molecule has 8 nitrogen and oxygen atoms in total. The van der Waals surface area contributed by atoms with Crippen LogP contribution in [0.25, 0.3) is 11.3 Å².